The van der Waals surface area contributed by atoms with Crippen LogP contribution in [-0.2, 0) is 0 Å². The quantitative estimate of drug-likeness (QED) is 0.612. The summed E-state index contributed by atoms with van der Waals surface area (Å²) in [6.45, 7) is 7.45. The molecule has 0 radical (unpaired) electrons. The predicted octanol–water partition coefficient (Wildman–Crippen LogP) is 4.77. The molecule has 0 amide bonds. The standard InChI is InChI=1S/C18H31NOS/c1-4-10-18(3,11-5-2)14-21-16-8-6-7-15(13-16)17(20)9-12-19/h6-8,13,17,20H,4-5,9-12,14,19H2,1-3H3. The first kappa shape index (κ1) is 18.5. The largest absolute Gasteiger partial charge is 0.388 e. The molecule has 3 heteroatoms. The van der Waals surface area contributed by atoms with Gasteiger partial charge in [-0.15, -0.1) is 11.8 Å². The van der Waals surface area contributed by atoms with E-state index < -0.39 is 6.10 Å². The Kier molecular flexibility index (Phi) is 8.38. The van der Waals surface area contributed by atoms with E-state index in [0.717, 1.165) is 11.3 Å². The number of thioether (sulfide) groups is 1. The van der Waals surface area contributed by atoms with Crippen LogP contribution < -0.4 is 5.73 Å². The fourth-order valence-electron chi connectivity index (χ4n) is 2.87. The lowest BCUT2D eigenvalue weighted by Gasteiger charge is -2.28. The minimum absolute atomic E-state index is 0.417. The lowest BCUT2D eigenvalue weighted by atomic mass is 9.83. The average molecular weight is 310 g/mol. The van der Waals surface area contributed by atoms with E-state index in [4.69, 9.17) is 5.73 Å². The van der Waals surface area contributed by atoms with Crippen LogP contribution in [0, 0.1) is 5.41 Å². The maximum Gasteiger partial charge on any atom is 0.0802 e. The second-order valence-electron chi connectivity index (χ2n) is 6.26. The van der Waals surface area contributed by atoms with E-state index in [2.05, 4.69) is 32.9 Å². The van der Waals surface area contributed by atoms with Gasteiger partial charge < -0.3 is 10.8 Å². The molecule has 21 heavy (non-hydrogen) atoms. The van der Waals surface area contributed by atoms with Crippen molar-refractivity contribution in [1.82, 2.24) is 0 Å². The molecule has 0 aliphatic rings. The first-order valence-electron chi connectivity index (χ1n) is 8.15. The van der Waals surface area contributed by atoms with Crippen LogP contribution in [-0.4, -0.2) is 17.4 Å². The van der Waals surface area contributed by atoms with Crippen LogP contribution in [0.3, 0.4) is 0 Å². The molecule has 3 N–H and O–H groups in total. The molecule has 1 rings (SSSR count). The number of hydrogen-bond acceptors (Lipinski definition) is 3. The molecule has 1 atom stereocenters. The van der Waals surface area contributed by atoms with E-state index in [1.165, 1.54) is 30.6 Å². The summed E-state index contributed by atoms with van der Waals surface area (Å²) in [6.07, 6.45) is 5.23. The zero-order valence-corrected chi connectivity index (χ0v) is 14.6. The van der Waals surface area contributed by atoms with E-state index >= 15 is 0 Å². The fourth-order valence-corrected chi connectivity index (χ4v) is 4.07. The monoisotopic (exact) mass is 309 g/mol. The van der Waals surface area contributed by atoms with Crippen LogP contribution in [0.2, 0.25) is 0 Å². The maximum absolute atomic E-state index is 10.1. The Morgan fingerprint density at radius 2 is 1.90 bits per heavy atom. The first-order chi connectivity index (χ1) is 10.0. The van der Waals surface area contributed by atoms with Crippen LogP contribution in [0.5, 0.6) is 0 Å². The number of nitrogens with two attached hydrogens (primary N) is 1. The van der Waals surface area contributed by atoms with Crippen molar-refractivity contribution in [3.8, 4) is 0 Å². The Labute approximate surface area is 134 Å². The van der Waals surface area contributed by atoms with Crippen molar-refractivity contribution >= 4 is 11.8 Å². The summed E-state index contributed by atoms with van der Waals surface area (Å²) < 4.78 is 0. The fraction of sp³-hybridized carbons (Fsp3) is 0.667. The first-order valence-corrected chi connectivity index (χ1v) is 9.14. The van der Waals surface area contributed by atoms with Gasteiger partial charge >= 0.3 is 0 Å². The van der Waals surface area contributed by atoms with E-state index in [1.54, 1.807) is 0 Å². The highest BCUT2D eigenvalue weighted by Gasteiger charge is 2.22. The van der Waals surface area contributed by atoms with Crippen molar-refractivity contribution < 1.29 is 5.11 Å². The highest BCUT2D eigenvalue weighted by Crippen LogP contribution is 2.36. The predicted molar refractivity (Wildman–Crippen MR) is 93.7 cm³/mol. The molecule has 0 fully saturated rings. The highest BCUT2D eigenvalue weighted by atomic mass is 32.2. The van der Waals surface area contributed by atoms with Gasteiger partial charge in [-0.3, -0.25) is 0 Å². The Balaban J connectivity index is 2.67. The SMILES string of the molecule is CCCC(C)(CCC)CSc1cccc(C(O)CCN)c1. The Morgan fingerprint density at radius 3 is 2.48 bits per heavy atom. The van der Waals surface area contributed by atoms with Gasteiger partial charge in [0.2, 0.25) is 0 Å². The molecule has 0 heterocycles. The van der Waals surface area contributed by atoms with Gasteiger partial charge in [0.15, 0.2) is 0 Å². The van der Waals surface area contributed by atoms with Gasteiger partial charge in [0.1, 0.15) is 0 Å². The molecule has 0 saturated heterocycles. The minimum Gasteiger partial charge on any atom is -0.388 e. The summed E-state index contributed by atoms with van der Waals surface area (Å²) in [4.78, 5) is 1.25. The zero-order valence-electron chi connectivity index (χ0n) is 13.8. The maximum atomic E-state index is 10.1. The molecule has 0 saturated carbocycles. The Hall–Kier alpha value is -0.510. The number of hydrogen-bond donors (Lipinski definition) is 2. The summed E-state index contributed by atoms with van der Waals surface area (Å²) in [7, 11) is 0. The average Bonchev–Trinajstić information content (AvgIpc) is 2.46. The summed E-state index contributed by atoms with van der Waals surface area (Å²) in [6, 6.07) is 8.28. The smallest absolute Gasteiger partial charge is 0.0802 e. The highest BCUT2D eigenvalue weighted by molar-refractivity contribution is 7.99. The van der Waals surface area contributed by atoms with E-state index in [9.17, 15) is 5.11 Å². The van der Waals surface area contributed by atoms with Gasteiger partial charge in [-0.2, -0.15) is 0 Å². The van der Waals surface area contributed by atoms with Crippen molar-refractivity contribution in [2.24, 2.45) is 11.1 Å². The van der Waals surface area contributed by atoms with Crippen LogP contribution in [0.15, 0.2) is 29.2 Å². The molecule has 0 aliphatic heterocycles. The Morgan fingerprint density at radius 1 is 1.24 bits per heavy atom. The Bertz CT molecular complexity index is 402. The molecular formula is C18H31NOS. The lowest BCUT2D eigenvalue weighted by Crippen LogP contribution is -2.19. The molecule has 2 nitrogen and oxygen atoms in total. The summed E-state index contributed by atoms with van der Waals surface area (Å²) in [5, 5.41) is 10.1. The number of benzene rings is 1. The van der Waals surface area contributed by atoms with E-state index in [-0.39, 0.29) is 0 Å². The number of rotatable bonds is 10. The molecule has 1 unspecified atom stereocenters. The minimum atomic E-state index is -0.437. The van der Waals surface area contributed by atoms with Gasteiger partial charge in [-0.25, -0.2) is 0 Å². The van der Waals surface area contributed by atoms with Gasteiger partial charge in [0.25, 0.3) is 0 Å². The van der Waals surface area contributed by atoms with Gasteiger partial charge in [0, 0.05) is 10.6 Å². The van der Waals surface area contributed by atoms with Gasteiger partial charge in [-0.05, 0) is 48.9 Å². The summed E-state index contributed by atoms with van der Waals surface area (Å²) in [5.74, 6) is 1.14. The molecule has 0 spiro atoms. The van der Waals surface area contributed by atoms with Crippen molar-refractivity contribution in [3.05, 3.63) is 29.8 Å². The number of aliphatic hydroxyl groups excluding tert-OH is 1. The van der Waals surface area contributed by atoms with Crippen LogP contribution in [0.4, 0.5) is 0 Å². The molecular weight excluding hydrogens is 278 g/mol. The summed E-state index contributed by atoms with van der Waals surface area (Å²) >= 11 is 1.91. The lowest BCUT2D eigenvalue weighted by molar-refractivity contribution is 0.170. The van der Waals surface area contributed by atoms with Crippen LogP contribution >= 0.6 is 11.8 Å². The third kappa shape index (κ3) is 6.41. The van der Waals surface area contributed by atoms with Crippen molar-refractivity contribution in [2.45, 2.75) is 63.9 Å². The second-order valence-corrected chi connectivity index (χ2v) is 7.31. The molecule has 0 aromatic heterocycles. The van der Waals surface area contributed by atoms with Gasteiger partial charge in [0.05, 0.1) is 6.10 Å². The van der Waals surface area contributed by atoms with Crippen molar-refractivity contribution in [3.63, 3.8) is 0 Å². The van der Waals surface area contributed by atoms with Crippen molar-refractivity contribution in [2.75, 3.05) is 12.3 Å². The van der Waals surface area contributed by atoms with Crippen LogP contribution in [0.25, 0.3) is 0 Å². The normalized spacial score (nSPS) is 13.4. The topological polar surface area (TPSA) is 46.2 Å². The van der Waals surface area contributed by atoms with E-state index in [1.807, 2.05) is 23.9 Å². The van der Waals surface area contributed by atoms with Crippen molar-refractivity contribution in [1.29, 1.82) is 0 Å². The molecule has 0 aliphatic carbocycles. The number of aliphatic hydroxyl groups is 1. The van der Waals surface area contributed by atoms with E-state index in [0.29, 0.717) is 18.4 Å². The van der Waals surface area contributed by atoms with Gasteiger partial charge in [-0.1, -0.05) is 45.7 Å². The second kappa shape index (κ2) is 9.50. The van der Waals surface area contributed by atoms with Crippen LogP contribution in [0.1, 0.15) is 64.5 Å². The summed E-state index contributed by atoms with van der Waals surface area (Å²) in [5.41, 5.74) is 6.92. The molecule has 0 bridgehead atoms. The molecule has 1 aromatic rings. The molecule has 120 valence electrons. The third-order valence-corrected chi connectivity index (χ3v) is 5.41. The zero-order chi connectivity index (χ0) is 15.7. The molecule has 1 aromatic carbocycles. The third-order valence-electron chi connectivity index (χ3n) is 3.98.